The van der Waals surface area contributed by atoms with Crippen LogP contribution in [0, 0.1) is 0 Å². The van der Waals surface area contributed by atoms with Crippen molar-refractivity contribution in [3.8, 4) is 0 Å². The molecule has 0 radical (unpaired) electrons. The fourth-order valence-corrected chi connectivity index (χ4v) is 1.44. The standard InChI is InChI=1S/C13H18ClNO3/c1-13(2,3)18-7-6-17-12(16)10-8-9(14)4-5-11(10)15/h4-5,8H,6-7,15H2,1-3H3. The van der Waals surface area contributed by atoms with Crippen LogP contribution in [0.4, 0.5) is 5.69 Å². The van der Waals surface area contributed by atoms with Crippen molar-refractivity contribution in [2.45, 2.75) is 26.4 Å². The summed E-state index contributed by atoms with van der Waals surface area (Å²) in [5.74, 6) is -0.493. The van der Waals surface area contributed by atoms with Gasteiger partial charge in [-0.25, -0.2) is 4.79 Å². The van der Waals surface area contributed by atoms with Gasteiger partial charge >= 0.3 is 5.97 Å². The Labute approximate surface area is 112 Å². The molecular formula is C13H18ClNO3. The molecule has 0 aromatic heterocycles. The topological polar surface area (TPSA) is 61.5 Å². The van der Waals surface area contributed by atoms with Gasteiger partial charge in [0.1, 0.15) is 6.61 Å². The van der Waals surface area contributed by atoms with Crippen LogP contribution in [0.15, 0.2) is 18.2 Å². The number of hydrogen-bond acceptors (Lipinski definition) is 4. The summed E-state index contributed by atoms with van der Waals surface area (Å²) in [5, 5.41) is 0.446. The van der Waals surface area contributed by atoms with Crippen LogP contribution in [-0.2, 0) is 9.47 Å². The number of ether oxygens (including phenoxy) is 2. The predicted molar refractivity (Wildman–Crippen MR) is 71.9 cm³/mol. The molecular weight excluding hydrogens is 254 g/mol. The van der Waals surface area contributed by atoms with Crippen molar-refractivity contribution in [2.75, 3.05) is 18.9 Å². The highest BCUT2D eigenvalue weighted by atomic mass is 35.5. The lowest BCUT2D eigenvalue weighted by atomic mass is 10.2. The Morgan fingerprint density at radius 1 is 1.33 bits per heavy atom. The number of halogens is 1. The zero-order valence-corrected chi connectivity index (χ0v) is 11.6. The van der Waals surface area contributed by atoms with E-state index >= 15 is 0 Å². The average molecular weight is 272 g/mol. The molecule has 0 atom stereocenters. The molecule has 1 aromatic carbocycles. The van der Waals surface area contributed by atoms with Crippen LogP contribution < -0.4 is 5.73 Å². The summed E-state index contributed by atoms with van der Waals surface area (Å²) in [5.41, 5.74) is 6.05. The molecule has 5 heteroatoms. The van der Waals surface area contributed by atoms with Gasteiger partial charge in [0.15, 0.2) is 0 Å². The number of esters is 1. The largest absolute Gasteiger partial charge is 0.460 e. The fourth-order valence-electron chi connectivity index (χ4n) is 1.27. The van der Waals surface area contributed by atoms with Gasteiger partial charge < -0.3 is 15.2 Å². The van der Waals surface area contributed by atoms with Crippen molar-refractivity contribution in [2.24, 2.45) is 0 Å². The van der Waals surface area contributed by atoms with E-state index in [-0.39, 0.29) is 17.8 Å². The first-order valence-electron chi connectivity index (χ1n) is 5.66. The number of hydrogen-bond donors (Lipinski definition) is 1. The van der Waals surface area contributed by atoms with E-state index in [9.17, 15) is 4.79 Å². The summed E-state index contributed by atoms with van der Waals surface area (Å²) >= 11 is 5.79. The summed E-state index contributed by atoms with van der Waals surface area (Å²) in [6.45, 7) is 6.33. The first-order valence-corrected chi connectivity index (χ1v) is 6.03. The van der Waals surface area contributed by atoms with Crippen molar-refractivity contribution in [3.63, 3.8) is 0 Å². The quantitative estimate of drug-likeness (QED) is 0.520. The Morgan fingerprint density at radius 3 is 2.61 bits per heavy atom. The molecule has 0 aliphatic heterocycles. The van der Waals surface area contributed by atoms with Gasteiger partial charge in [0.25, 0.3) is 0 Å². The highest BCUT2D eigenvalue weighted by Gasteiger charge is 2.13. The first-order chi connectivity index (χ1) is 8.29. The van der Waals surface area contributed by atoms with E-state index in [1.807, 2.05) is 20.8 Å². The minimum Gasteiger partial charge on any atom is -0.460 e. The molecule has 18 heavy (non-hydrogen) atoms. The first kappa shape index (κ1) is 14.8. The second-order valence-corrected chi connectivity index (χ2v) is 5.26. The Hall–Kier alpha value is -1.26. The SMILES string of the molecule is CC(C)(C)OCCOC(=O)c1cc(Cl)ccc1N. The van der Waals surface area contributed by atoms with E-state index in [1.54, 1.807) is 12.1 Å². The van der Waals surface area contributed by atoms with Crippen molar-refractivity contribution >= 4 is 23.3 Å². The minimum absolute atomic E-state index is 0.183. The van der Waals surface area contributed by atoms with Gasteiger partial charge in [-0.15, -0.1) is 0 Å². The molecule has 0 heterocycles. The number of nitrogens with two attached hydrogens (primary N) is 1. The Bertz CT molecular complexity index is 427. The molecule has 0 saturated heterocycles. The maximum absolute atomic E-state index is 11.7. The number of rotatable bonds is 4. The number of carbonyl (C=O) groups is 1. The fraction of sp³-hybridized carbons (Fsp3) is 0.462. The second-order valence-electron chi connectivity index (χ2n) is 4.83. The molecule has 0 spiro atoms. The average Bonchev–Trinajstić information content (AvgIpc) is 2.26. The summed E-state index contributed by atoms with van der Waals surface area (Å²) in [4.78, 5) is 11.7. The van der Waals surface area contributed by atoms with E-state index < -0.39 is 5.97 Å². The van der Waals surface area contributed by atoms with Gasteiger partial charge in [-0.05, 0) is 39.0 Å². The molecule has 0 fully saturated rings. The van der Waals surface area contributed by atoms with E-state index in [2.05, 4.69) is 0 Å². The van der Waals surface area contributed by atoms with Gasteiger partial charge in [0.2, 0.25) is 0 Å². The van der Waals surface area contributed by atoms with E-state index in [0.717, 1.165) is 0 Å². The van der Waals surface area contributed by atoms with Crippen molar-refractivity contribution in [1.29, 1.82) is 0 Å². The lowest BCUT2D eigenvalue weighted by Gasteiger charge is -2.19. The van der Waals surface area contributed by atoms with Crippen LogP contribution >= 0.6 is 11.6 Å². The van der Waals surface area contributed by atoms with Gasteiger partial charge in [0, 0.05) is 10.7 Å². The van der Waals surface area contributed by atoms with E-state index in [0.29, 0.717) is 17.3 Å². The summed E-state index contributed by atoms with van der Waals surface area (Å²) in [6, 6.07) is 4.69. The molecule has 0 unspecified atom stereocenters. The molecule has 0 aliphatic carbocycles. The van der Waals surface area contributed by atoms with Crippen LogP contribution in [-0.4, -0.2) is 24.8 Å². The molecule has 4 nitrogen and oxygen atoms in total. The van der Waals surface area contributed by atoms with Crippen LogP contribution in [0.2, 0.25) is 5.02 Å². The lowest BCUT2D eigenvalue weighted by Crippen LogP contribution is -2.22. The van der Waals surface area contributed by atoms with Gasteiger partial charge in [0.05, 0.1) is 17.8 Å². The smallest absolute Gasteiger partial charge is 0.340 e. The molecule has 0 aliphatic rings. The predicted octanol–water partition coefficient (Wildman–Crippen LogP) is 2.89. The van der Waals surface area contributed by atoms with E-state index in [1.165, 1.54) is 6.07 Å². The van der Waals surface area contributed by atoms with Crippen molar-refractivity contribution in [1.82, 2.24) is 0 Å². The van der Waals surface area contributed by atoms with E-state index in [4.69, 9.17) is 26.8 Å². The maximum Gasteiger partial charge on any atom is 0.340 e. The highest BCUT2D eigenvalue weighted by Crippen LogP contribution is 2.18. The van der Waals surface area contributed by atoms with Crippen molar-refractivity contribution < 1.29 is 14.3 Å². The molecule has 0 saturated carbocycles. The third-order valence-electron chi connectivity index (χ3n) is 2.09. The summed E-state index contributed by atoms with van der Waals surface area (Å²) < 4.78 is 10.5. The van der Waals surface area contributed by atoms with Crippen LogP contribution in [0.3, 0.4) is 0 Å². The third kappa shape index (κ3) is 4.94. The Balaban J connectivity index is 2.48. The minimum atomic E-state index is -0.493. The third-order valence-corrected chi connectivity index (χ3v) is 2.32. The van der Waals surface area contributed by atoms with Crippen LogP contribution in [0.1, 0.15) is 31.1 Å². The van der Waals surface area contributed by atoms with Crippen LogP contribution in [0.25, 0.3) is 0 Å². The summed E-state index contributed by atoms with van der Waals surface area (Å²) in [6.07, 6.45) is 0. The number of carbonyl (C=O) groups excluding carboxylic acids is 1. The number of nitrogen functional groups attached to an aromatic ring is 1. The lowest BCUT2D eigenvalue weighted by molar-refractivity contribution is -0.0281. The normalized spacial score (nSPS) is 11.3. The molecule has 1 aromatic rings. The van der Waals surface area contributed by atoms with Crippen molar-refractivity contribution in [3.05, 3.63) is 28.8 Å². The van der Waals surface area contributed by atoms with Gasteiger partial charge in [-0.1, -0.05) is 11.6 Å². The van der Waals surface area contributed by atoms with Gasteiger partial charge in [-0.3, -0.25) is 0 Å². The summed E-state index contributed by atoms with van der Waals surface area (Å²) in [7, 11) is 0. The van der Waals surface area contributed by atoms with Crippen LogP contribution in [0.5, 0.6) is 0 Å². The highest BCUT2D eigenvalue weighted by molar-refractivity contribution is 6.31. The zero-order chi connectivity index (χ0) is 13.8. The zero-order valence-electron chi connectivity index (χ0n) is 10.8. The van der Waals surface area contributed by atoms with Gasteiger partial charge in [-0.2, -0.15) is 0 Å². The molecule has 100 valence electrons. The number of benzene rings is 1. The molecule has 0 amide bonds. The molecule has 0 bridgehead atoms. The Kier molecular flexibility index (Phi) is 4.99. The maximum atomic E-state index is 11.7. The monoisotopic (exact) mass is 271 g/mol. The Morgan fingerprint density at radius 2 is 2.00 bits per heavy atom. The number of anilines is 1. The second kappa shape index (κ2) is 6.07. The molecule has 2 N–H and O–H groups in total. The molecule has 1 rings (SSSR count).